The Morgan fingerprint density at radius 1 is 0.768 bits per heavy atom. The van der Waals surface area contributed by atoms with Crippen molar-refractivity contribution in [2.24, 2.45) is 5.92 Å². The Labute approximate surface area is 335 Å². The fraction of sp³-hybridized carbons (Fsp3) is 0.674. The van der Waals surface area contributed by atoms with Gasteiger partial charge in [-0.05, 0) is 70.6 Å². The van der Waals surface area contributed by atoms with E-state index in [4.69, 9.17) is 24.0 Å². The summed E-state index contributed by atoms with van der Waals surface area (Å²) in [6.45, 7) is 3.20. The molecule has 56 heavy (non-hydrogen) atoms. The lowest BCUT2D eigenvalue weighted by molar-refractivity contribution is -0.199. The van der Waals surface area contributed by atoms with E-state index in [-0.39, 0.29) is 31.8 Å². The van der Waals surface area contributed by atoms with Crippen molar-refractivity contribution < 1.29 is 58.0 Å². The second-order valence-corrected chi connectivity index (χ2v) is 15.3. The summed E-state index contributed by atoms with van der Waals surface area (Å²) in [5.74, 6) is -1.44. The van der Waals surface area contributed by atoms with Crippen LogP contribution in [0.3, 0.4) is 0 Å². The average Bonchev–Trinajstić information content (AvgIpc) is 3.14. The number of aliphatic hydroxyl groups excluding tert-OH is 3. The molecule has 1 heterocycles. The van der Waals surface area contributed by atoms with Crippen LogP contribution in [0.4, 0.5) is 0 Å². The molecular formula is C43H71O12P. The smallest absolute Gasteiger partial charge is 0.462 e. The van der Waals surface area contributed by atoms with Crippen LogP contribution < -0.4 is 0 Å². The zero-order chi connectivity index (χ0) is 41.3. The number of allylic oxidation sites excluding steroid dienone is 10. The number of carbonyl (C=O) groups excluding carboxylic acids is 2. The topological polar surface area (TPSA) is 189 Å². The molecular weight excluding hydrogens is 739 g/mol. The molecule has 0 aromatic heterocycles. The Hall–Kier alpha value is -2.67. The van der Waals surface area contributed by atoms with Gasteiger partial charge in [0.2, 0.25) is 0 Å². The second kappa shape index (κ2) is 33.3. The molecule has 6 atom stereocenters. The van der Waals surface area contributed by atoms with E-state index in [2.05, 4.69) is 67.0 Å². The van der Waals surface area contributed by atoms with Crippen LogP contribution in [-0.4, -0.2) is 81.0 Å². The molecule has 0 aromatic rings. The number of phosphoric ester groups is 1. The molecule has 1 fully saturated rings. The van der Waals surface area contributed by atoms with Crippen molar-refractivity contribution in [1.82, 2.24) is 0 Å². The van der Waals surface area contributed by atoms with E-state index in [1.165, 1.54) is 0 Å². The highest BCUT2D eigenvalue weighted by Crippen LogP contribution is 2.36. The number of phosphoric acid groups is 1. The minimum Gasteiger partial charge on any atom is -0.462 e. The molecule has 1 rings (SSSR count). The van der Waals surface area contributed by atoms with Gasteiger partial charge >= 0.3 is 19.8 Å². The minimum atomic E-state index is -4.84. The molecule has 1 aliphatic heterocycles. The van der Waals surface area contributed by atoms with Crippen molar-refractivity contribution in [3.05, 3.63) is 72.9 Å². The molecule has 12 nitrogen and oxygen atoms in total. The summed E-state index contributed by atoms with van der Waals surface area (Å²) in [7, 11) is -4.84. The van der Waals surface area contributed by atoms with Gasteiger partial charge in [0.05, 0.1) is 24.9 Å². The normalized spacial score (nSPS) is 20.7. The van der Waals surface area contributed by atoms with Gasteiger partial charge in [0.25, 0.3) is 0 Å². The number of esters is 2. The summed E-state index contributed by atoms with van der Waals surface area (Å²) >= 11 is 0. The van der Waals surface area contributed by atoms with Gasteiger partial charge in [-0.3, -0.25) is 14.1 Å². The highest BCUT2D eigenvalue weighted by Gasteiger charge is 2.35. The van der Waals surface area contributed by atoms with Crippen LogP contribution in [0.25, 0.3) is 0 Å². The van der Waals surface area contributed by atoms with Crippen LogP contribution in [0.15, 0.2) is 72.9 Å². The van der Waals surface area contributed by atoms with Crippen LogP contribution >= 0.6 is 7.82 Å². The number of unbranched alkanes of at least 4 members (excludes halogenated alkanes) is 7. The number of rotatable bonds is 32. The van der Waals surface area contributed by atoms with Gasteiger partial charge in [-0.2, -0.15) is 0 Å². The summed E-state index contributed by atoms with van der Waals surface area (Å²) in [5, 5.41) is 30.8. The first-order chi connectivity index (χ1) is 26.9. The molecule has 320 valence electrons. The fourth-order valence-corrected chi connectivity index (χ4v) is 6.23. The average molecular weight is 811 g/mol. The summed E-state index contributed by atoms with van der Waals surface area (Å²) in [4.78, 5) is 43.1. The Morgan fingerprint density at radius 3 is 2.07 bits per heavy atom. The lowest BCUT2D eigenvalue weighted by Gasteiger charge is -2.36. The van der Waals surface area contributed by atoms with Gasteiger partial charge < -0.3 is 39.3 Å². The zero-order valence-corrected chi connectivity index (χ0v) is 34.7. The zero-order valence-electron chi connectivity index (χ0n) is 33.8. The van der Waals surface area contributed by atoms with Crippen molar-refractivity contribution in [1.29, 1.82) is 0 Å². The molecule has 0 aliphatic carbocycles. The fourth-order valence-electron chi connectivity index (χ4n) is 5.87. The van der Waals surface area contributed by atoms with Crippen LogP contribution in [0.1, 0.15) is 136 Å². The van der Waals surface area contributed by atoms with Crippen LogP contribution in [0.2, 0.25) is 0 Å². The van der Waals surface area contributed by atoms with E-state index in [1.54, 1.807) is 12.2 Å². The largest absolute Gasteiger partial charge is 0.469 e. The molecule has 1 saturated heterocycles. The predicted molar refractivity (Wildman–Crippen MR) is 219 cm³/mol. The van der Waals surface area contributed by atoms with Gasteiger partial charge in [-0.25, -0.2) is 4.57 Å². The molecule has 1 unspecified atom stereocenters. The summed E-state index contributed by atoms with van der Waals surface area (Å²) < 4.78 is 32.0. The highest BCUT2D eigenvalue weighted by molar-refractivity contribution is 7.46. The van der Waals surface area contributed by atoms with Crippen LogP contribution in [0.5, 0.6) is 0 Å². The molecule has 0 saturated carbocycles. The van der Waals surface area contributed by atoms with Crippen LogP contribution in [-0.2, 0) is 32.9 Å². The predicted octanol–water partition coefficient (Wildman–Crippen LogP) is 8.39. The number of aliphatic hydroxyl groups is 3. The van der Waals surface area contributed by atoms with Crippen molar-refractivity contribution in [3.8, 4) is 0 Å². The third-order valence-electron chi connectivity index (χ3n) is 9.00. The third kappa shape index (κ3) is 29.6. The molecule has 13 heteroatoms. The molecule has 1 aliphatic rings. The minimum absolute atomic E-state index is 0.00818. The second-order valence-electron chi connectivity index (χ2n) is 14.1. The summed E-state index contributed by atoms with van der Waals surface area (Å²) in [6, 6.07) is 0. The maximum Gasteiger partial charge on any atom is 0.469 e. The molecule has 5 N–H and O–H groups in total. The van der Waals surface area contributed by atoms with E-state index in [9.17, 15) is 29.5 Å². The first kappa shape index (κ1) is 51.3. The first-order valence-corrected chi connectivity index (χ1v) is 22.2. The molecule has 0 radical (unpaired) electrons. The Morgan fingerprint density at radius 2 is 1.39 bits per heavy atom. The van der Waals surface area contributed by atoms with Crippen molar-refractivity contribution in [2.45, 2.75) is 167 Å². The van der Waals surface area contributed by atoms with Crippen molar-refractivity contribution >= 4 is 19.8 Å². The molecule has 0 bridgehead atoms. The van der Waals surface area contributed by atoms with Gasteiger partial charge in [-0.1, -0.05) is 119 Å². The first-order valence-electron chi connectivity index (χ1n) is 20.6. The van der Waals surface area contributed by atoms with Gasteiger partial charge in [0.15, 0.2) is 12.4 Å². The Balaban J connectivity index is 2.36. The van der Waals surface area contributed by atoms with Crippen LogP contribution in [0, 0.1) is 5.92 Å². The van der Waals surface area contributed by atoms with Gasteiger partial charge in [0.1, 0.15) is 6.61 Å². The third-order valence-corrected chi connectivity index (χ3v) is 9.49. The van der Waals surface area contributed by atoms with E-state index < -0.39 is 57.1 Å². The maximum absolute atomic E-state index is 12.5. The number of hydrogen-bond acceptors (Lipinski definition) is 10. The Kier molecular flexibility index (Phi) is 30.5. The molecule has 0 spiro atoms. The summed E-state index contributed by atoms with van der Waals surface area (Å²) in [6.07, 6.45) is 33.8. The van der Waals surface area contributed by atoms with Gasteiger partial charge in [0, 0.05) is 25.2 Å². The molecule has 0 amide bonds. The van der Waals surface area contributed by atoms with Gasteiger partial charge in [-0.15, -0.1) is 0 Å². The number of carbonyl (C=O) groups is 2. The van der Waals surface area contributed by atoms with E-state index in [0.29, 0.717) is 32.1 Å². The van der Waals surface area contributed by atoms with E-state index in [0.717, 1.165) is 70.6 Å². The standard InChI is InChI=1S/C43H71O12P/c1-3-5-7-8-9-10-11-12-13-14-15-16-17-18-19-20-25-29-41(46)52-34-37(35-53-56(49,50)51)54-42(47)30-26-22-21-24-28-38-39(45)33-43(48)55-40(38)32-31-36(44)27-23-6-4-2/h5,7,9-10,12-13,15-16,21,24,31-32,36-40,43-45,48H,3-4,6,8,11,14,17-20,22-23,25-30,33-35H2,1-2H3,(H2,49,50,51)/b7-5-,10-9-,13-12-,16-15-,24-21-,32-31+/t36-,37+,38-,39-,40+,43?/m0/s1. The monoisotopic (exact) mass is 810 g/mol. The maximum atomic E-state index is 12.5. The SMILES string of the molecule is CC/C=C\C/C=C\C/C=C\C/C=C\CCCCCCC(=O)OC[C@H](COP(=O)(O)O)OC(=O)CCC/C=C\C[C@H]1[C@@H](O)CC(O)O[C@@H]1/C=C/[C@@H](O)CCCCC. The number of hydrogen-bond donors (Lipinski definition) is 5. The highest BCUT2D eigenvalue weighted by atomic mass is 31.2. The summed E-state index contributed by atoms with van der Waals surface area (Å²) in [5.41, 5.74) is 0. The van der Waals surface area contributed by atoms with Crippen molar-refractivity contribution in [2.75, 3.05) is 13.2 Å². The van der Waals surface area contributed by atoms with E-state index >= 15 is 0 Å². The van der Waals surface area contributed by atoms with Crippen molar-refractivity contribution in [3.63, 3.8) is 0 Å². The Bertz CT molecular complexity index is 1250. The molecule has 0 aromatic carbocycles. The lowest BCUT2D eigenvalue weighted by Crippen LogP contribution is -2.43. The van der Waals surface area contributed by atoms with E-state index in [1.807, 2.05) is 12.2 Å². The lowest BCUT2D eigenvalue weighted by atomic mass is 9.87. The number of ether oxygens (including phenoxy) is 3. The quantitative estimate of drug-likeness (QED) is 0.0189.